The summed E-state index contributed by atoms with van der Waals surface area (Å²) in [5.74, 6) is 0.284. The molecular formula is C10H18BrNO. The van der Waals surface area contributed by atoms with E-state index in [1.54, 1.807) is 0 Å². The molecule has 1 saturated heterocycles. The normalized spacial score (nSPS) is 26.2. The van der Waals surface area contributed by atoms with Gasteiger partial charge in [-0.15, -0.1) is 0 Å². The van der Waals surface area contributed by atoms with Crippen LogP contribution in [0, 0.1) is 0 Å². The summed E-state index contributed by atoms with van der Waals surface area (Å²) in [4.78, 5) is 13.8. The summed E-state index contributed by atoms with van der Waals surface area (Å²) in [6, 6.07) is 0.415. The second-order valence-corrected chi connectivity index (χ2v) is 4.88. The van der Waals surface area contributed by atoms with Gasteiger partial charge in [0.2, 0.25) is 5.91 Å². The lowest BCUT2D eigenvalue weighted by Crippen LogP contribution is -2.46. The molecule has 1 aliphatic rings. The minimum absolute atomic E-state index is 0.0700. The summed E-state index contributed by atoms with van der Waals surface area (Å²) in [6.45, 7) is 5.26. The standard InChI is InChI=1S/C10H18BrNO/c1-3-5-8(2)12-7-4-6-9(11)10(12)13/h8-9H,3-7H2,1-2H3. The van der Waals surface area contributed by atoms with Gasteiger partial charge in [-0.05, 0) is 26.2 Å². The first-order valence-electron chi connectivity index (χ1n) is 5.11. The number of rotatable bonds is 3. The van der Waals surface area contributed by atoms with Gasteiger partial charge < -0.3 is 4.90 Å². The van der Waals surface area contributed by atoms with E-state index in [0.717, 1.165) is 32.2 Å². The Balaban J connectivity index is 2.52. The lowest BCUT2D eigenvalue weighted by molar-refractivity contribution is -0.134. The Kier molecular flexibility index (Phi) is 4.23. The Morgan fingerprint density at radius 2 is 2.38 bits per heavy atom. The number of hydrogen-bond acceptors (Lipinski definition) is 1. The molecule has 0 N–H and O–H groups in total. The van der Waals surface area contributed by atoms with Gasteiger partial charge in [0.25, 0.3) is 0 Å². The zero-order chi connectivity index (χ0) is 9.84. The number of piperidine rings is 1. The number of carbonyl (C=O) groups is 1. The van der Waals surface area contributed by atoms with Crippen LogP contribution in [0.15, 0.2) is 0 Å². The molecule has 1 rings (SSSR count). The zero-order valence-corrected chi connectivity index (χ0v) is 10.0. The van der Waals surface area contributed by atoms with Gasteiger partial charge in [0.15, 0.2) is 0 Å². The van der Waals surface area contributed by atoms with Crippen LogP contribution >= 0.6 is 15.9 Å². The molecule has 1 fully saturated rings. The highest BCUT2D eigenvalue weighted by atomic mass is 79.9. The van der Waals surface area contributed by atoms with Crippen molar-refractivity contribution >= 4 is 21.8 Å². The summed E-state index contributed by atoms with van der Waals surface area (Å²) in [5, 5.41) is 0. The fourth-order valence-electron chi connectivity index (χ4n) is 1.87. The summed E-state index contributed by atoms with van der Waals surface area (Å²) in [5.41, 5.74) is 0. The molecule has 0 aromatic heterocycles. The SMILES string of the molecule is CCCC(C)N1CCCC(Br)C1=O. The molecule has 1 amide bonds. The van der Waals surface area contributed by atoms with Crippen molar-refractivity contribution in [2.75, 3.05) is 6.54 Å². The fraction of sp³-hybridized carbons (Fsp3) is 0.900. The number of alkyl halides is 1. The maximum atomic E-state index is 11.7. The van der Waals surface area contributed by atoms with Gasteiger partial charge in [0.05, 0.1) is 4.83 Å². The van der Waals surface area contributed by atoms with E-state index in [9.17, 15) is 4.79 Å². The monoisotopic (exact) mass is 247 g/mol. The van der Waals surface area contributed by atoms with Crippen LogP contribution in [0.25, 0.3) is 0 Å². The van der Waals surface area contributed by atoms with Crippen LogP contribution in [-0.2, 0) is 4.79 Å². The molecule has 76 valence electrons. The van der Waals surface area contributed by atoms with Crippen LogP contribution < -0.4 is 0 Å². The molecule has 3 heteroatoms. The number of amides is 1. The van der Waals surface area contributed by atoms with Gasteiger partial charge in [-0.25, -0.2) is 0 Å². The molecule has 1 heterocycles. The number of hydrogen-bond donors (Lipinski definition) is 0. The fourth-order valence-corrected chi connectivity index (χ4v) is 2.45. The van der Waals surface area contributed by atoms with Crippen LogP contribution in [0.3, 0.4) is 0 Å². The van der Waals surface area contributed by atoms with Gasteiger partial charge in [0.1, 0.15) is 0 Å². The van der Waals surface area contributed by atoms with Crippen molar-refractivity contribution in [3.8, 4) is 0 Å². The van der Waals surface area contributed by atoms with E-state index in [0.29, 0.717) is 6.04 Å². The second-order valence-electron chi connectivity index (χ2n) is 3.78. The van der Waals surface area contributed by atoms with Crippen LogP contribution in [0.4, 0.5) is 0 Å². The van der Waals surface area contributed by atoms with Crippen molar-refractivity contribution in [2.45, 2.75) is 50.4 Å². The molecule has 0 aromatic carbocycles. The first-order chi connectivity index (χ1) is 6.16. The van der Waals surface area contributed by atoms with E-state index < -0.39 is 0 Å². The maximum absolute atomic E-state index is 11.7. The van der Waals surface area contributed by atoms with Crippen molar-refractivity contribution in [2.24, 2.45) is 0 Å². The highest BCUT2D eigenvalue weighted by Crippen LogP contribution is 2.21. The van der Waals surface area contributed by atoms with Crippen LogP contribution in [0.2, 0.25) is 0 Å². The quantitative estimate of drug-likeness (QED) is 0.703. The Labute approximate surface area is 88.8 Å². The van der Waals surface area contributed by atoms with E-state index in [1.807, 2.05) is 4.90 Å². The molecule has 2 atom stereocenters. The molecule has 0 saturated carbocycles. The Morgan fingerprint density at radius 3 is 3.00 bits per heavy atom. The van der Waals surface area contributed by atoms with Crippen molar-refractivity contribution in [3.05, 3.63) is 0 Å². The molecule has 0 bridgehead atoms. The number of halogens is 1. The average molecular weight is 248 g/mol. The van der Waals surface area contributed by atoms with E-state index in [4.69, 9.17) is 0 Å². The first-order valence-corrected chi connectivity index (χ1v) is 6.03. The lowest BCUT2D eigenvalue weighted by atomic mass is 10.1. The predicted molar refractivity (Wildman–Crippen MR) is 58.0 cm³/mol. The number of carbonyl (C=O) groups excluding carboxylic acids is 1. The second kappa shape index (κ2) is 4.99. The van der Waals surface area contributed by atoms with Gasteiger partial charge in [-0.2, -0.15) is 0 Å². The third-order valence-electron chi connectivity index (χ3n) is 2.65. The maximum Gasteiger partial charge on any atom is 0.236 e. The molecule has 0 spiro atoms. The van der Waals surface area contributed by atoms with Gasteiger partial charge >= 0.3 is 0 Å². The zero-order valence-electron chi connectivity index (χ0n) is 8.42. The van der Waals surface area contributed by atoms with Gasteiger partial charge in [0, 0.05) is 12.6 Å². The molecule has 1 aliphatic heterocycles. The molecule has 0 aliphatic carbocycles. The predicted octanol–water partition coefficient (Wildman–Crippen LogP) is 2.56. The van der Waals surface area contributed by atoms with E-state index >= 15 is 0 Å². The van der Waals surface area contributed by atoms with Crippen molar-refractivity contribution in [1.82, 2.24) is 4.90 Å². The molecule has 0 radical (unpaired) electrons. The summed E-state index contributed by atoms with van der Waals surface area (Å²) in [6.07, 6.45) is 4.40. The van der Waals surface area contributed by atoms with E-state index in [2.05, 4.69) is 29.8 Å². The van der Waals surface area contributed by atoms with Crippen molar-refractivity contribution < 1.29 is 4.79 Å². The molecular weight excluding hydrogens is 230 g/mol. The first kappa shape index (κ1) is 11.0. The topological polar surface area (TPSA) is 20.3 Å². The number of likely N-dealkylation sites (tertiary alicyclic amines) is 1. The summed E-state index contributed by atoms with van der Waals surface area (Å²) >= 11 is 3.42. The smallest absolute Gasteiger partial charge is 0.236 e. The van der Waals surface area contributed by atoms with Crippen molar-refractivity contribution in [3.63, 3.8) is 0 Å². The third-order valence-corrected chi connectivity index (χ3v) is 3.50. The van der Waals surface area contributed by atoms with Crippen molar-refractivity contribution in [1.29, 1.82) is 0 Å². The molecule has 2 nitrogen and oxygen atoms in total. The lowest BCUT2D eigenvalue weighted by Gasteiger charge is -2.34. The molecule has 2 unspecified atom stereocenters. The number of nitrogens with zero attached hydrogens (tertiary/aromatic N) is 1. The summed E-state index contributed by atoms with van der Waals surface area (Å²) in [7, 11) is 0. The van der Waals surface area contributed by atoms with Crippen LogP contribution in [0.5, 0.6) is 0 Å². The average Bonchev–Trinajstić information content (AvgIpc) is 2.10. The molecule has 13 heavy (non-hydrogen) atoms. The van der Waals surface area contributed by atoms with E-state index in [1.165, 1.54) is 0 Å². The van der Waals surface area contributed by atoms with Crippen LogP contribution in [0.1, 0.15) is 39.5 Å². The summed E-state index contributed by atoms with van der Waals surface area (Å²) < 4.78 is 0. The molecule has 0 aromatic rings. The highest BCUT2D eigenvalue weighted by Gasteiger charge is 2.28. The third kappa shape index (κ3) is 2.70. The minimum Gasteiger partial charge on any atom is -0.339 e. The largest absolute Gasteiger partial charge is 0.339 e. The Morgan fingerprint density at radius 1 is 1.69 bits per heavy atom. The van der Waals surface area contributed by atoms with E-state index in [-0.39, 0.29) is 10.7 Å². The Bertz CT molecular complexity index is 184. The Hall–Kier alpha value is -0.0500. The minimum atomic E-state index is 0.0700. The van der Waals surface area contributed by atoms with Gasteiger partial charge in [-0.1, -0.05) is 29.3 Å². The highest BCUT2D eigenvalue weighted by molar-refractivity contribution is 9.10. The van der Waals surface area contributed by atoms with Crippen LogP contribution in [-0.4, -0.2) is 28.2 Å². The van der Waals surface area contributed by atoms with Gasteiger partial charge in [-0.3, -0.25) is 4.79 Å².